The first-order valence-electron chi connectivity index (χ1n) is 16.6. The molecule has 0 amide bonds. The summed E-state index contributed by atoms with van der Waals surface area (Å²) in [5.41, 5.74) is 8.79. The van der Waals surface area contributed by atoms with Gasteiger partial charge in [-0.05, 0) is 53.6 Å². The van der Waals surface area contributed by atoms with E-state index < -0.39 is 0 Å². The van der Waals surface area contributed by atoms with Gasteiger partial charge in [-0.1, -0.05) is 115 Å². The Morgan fingerprint density at radius 3 is 1.68 bits per heavy atom. The van der Waals surface area contributed by atoms with Gasteiger partial charge >= 0.3 is 0 Å². The zero-order chi connectivity index (χ0) is 33.0. The summed E-state index contributed by atoms with van der Waals surface area (Å²) in [7, 11) is 0. The van der Waals surface area contributed by atoms with Crippen LogP contribution in [-0.2, 0) is 0 Å². The minimum absolute atomic E-state index is 0.585. The molecule has 0 aliphatic rings. The molecule has 10 rings (SSSR count). The van der Waals surface area contributed by atoms with Gasteiger partial charge in [0.2, 0.25) is 0 Å². The summed E-state index contributed by atoms with van der Waals surface area (Å²) in [5, 5.41) is 4.55. The second kappa shape index (κ2) is 11.4. The van der Waals surface area contributed by atoms with E-state index in [1.807, 2.05) is 91.1 Å². The van der Waals surface area contributed by atoms with E-state index in [1.165, 1.54) is 0 Å². The number of hydrogen-bond donors (Lipinski definition) is 0. The SMILES string of the molecule is c1ccc(-c2nc(-c3ccccc3)nc(-c3ccnc(-n4c5ccccc5c5ccc(-c6ccc7c(c6)oc6ccccc67)cc54)c3)n2)cc1. The van der Waals surface area contributed by atoms with E-state index >= 15 is 0 Å². The molecule has 4 aromatic heterocycles. The average Bonchev–Trinajstić information content (AvgIpc) is 3.73. The summed E-state index contributed by atoms with van der Waals surface area (Å²) in [4.78, 5) is 19.7. The van der Waals surface area contributed by atoms with E-state index in [1.54, 1.807) is 0 Å². The highest BCUT2D eigenvalue weighted by atomic mass is 16.3. The highest BCUT2D eigenvalue weighted by Crippen LogP contribution is 2.37. The van der Waals surface area contributed by atoms with Crippen LogP contribution in [0.5, 0.6) is 0 Å². The van der Waals surface area contributed by atoms with Gasteiger partial charge in [-0.25, -0.2) is 19.9 Å². The molecule has 0 bridgehead atoms. The van der Waals surface area contributed by atoms with E-state index in [0.717, 1.165) is 77.4 Å². The molecule has 0 aliphatic carbocycles. The van der Waals surface area contributed by atoms with Crippen LogP contribution in [0.4, 0.5) is 0 Å². The fourth-order valence-electron chi connectivity index (χ4n) is 6.92. The van der Waals surface area contributed by atoms with Crippen LogP contribution in [0.15, 0.2) is 168 Å². The van der Waals surface area contributed by atoms with Gasteiger partial charge in [-0.3, -0.25) is 4.57 Å². The Hall–Kier alpha value is -6.92. The van der Waals surface area contributed by atoms with Gasteiger partial charge in [0.05, 0.1) is 11.0 Å². The number of aromatic nitrogens is 5. The minimum Gasteiger partial charge on any atom is -0.456 e. The van der Waals surface area contributed by atoms with Gasteiger partial charge in [0.1, 0.15) is 17.0 Å². The standard InChI is InChI=1S/C44H27N5O/c1-3-11-28(12-4-1)42-46-43(29-13-5-2-6-14-29)48-44(47-42)32-23-24-45-41(27-32)49-37-17-9-7-15-33(37)34-21-19-30(25-38(34)49)31-20-22-36-35-16-8-10-18-39(35)50-40(36)26-31/h1-27H. The Labute approximate surface area is 287 Å². The maximum Gasteiger partial charge on any atom is 0.164 e. The highest BCUT2D eigenvalue weighted by molar-refractivity contribution is 6.10. The summed E-state index contributed by atoms with van der Waals surface area (Å²) in [5.74, 6) is 2.61. The fraction of sp³-hybridized carbons (Fsp3) is 0. The maximum atomic E-state index is 6.24. The molecule has 0 N–H and O–H groups in total. The third kappa shape index (κ3) is 4.65. The van der Waals surface area contributed by atoms with Gasteiger partial charge in [0.25, 0.3) is 0 Å². The quantitative estimate of drug-likeness (QED) is 0.187. The Balaban J connectivity index is 1.14. The molecule has 0 fully saturated rings. The first-order chi connectivity index (χ1) is 24.8. The molecule has 234 valence electrons. The van der Waals surface area contributed by atoms with Crippen molar-refractivity contribution < 1.29 is 4.42 Å². The molecule has 4 heterocycles. The van der Waals surface area contributed by atoms with E-state index in [-0.39, 0.29) is 0 Å². The van der Waals surface area contributed by atoms with Crippen molar-refractivity contribution >= 4 is 43.7 Å². The van der Waals surface area contributed by atoms with E-state index in [2.05, 4.69) is 77.4 Å². The van der Waals surface area contributed by atoms with Crippen molar-refractivity contribution in [2.24, 2.45) is 0 Å². The van der Waals surface area contributed by atoms with Crippen LogP contribution in [0, 0.1) is 0 Å². The molecular weight excluding hydrogens is 615 g/mol. The van der Waals surface area contributed by atoms with Gasteiger partial charge < -0.3 is 4.42 Å². The van der Waals surface area contributed by atoms with Crippen LogP contribution in [0.1, 0.15) is 0 Å². The molecule has 0 unspecified atom stereocenters. The van der Waals surface area contributed by atoms with E-state index in [9.17, 15) is 0 Å². The molecule has 0 saturated carbocycles. The summed E-state index contributed by atoms with van der Waals surface area (Å²) in [6.07, 6.45) is 1.83. The molecule has 0 aliphatic heterocycles. The lowest BCUT2D eigenvalue weighted by atomic mass is 10.0. The lowest BCUT2D eigenvalue weighted by Gasteiger charge is -2.11. The molecule has 0 radical (unpaired) electrons. The first-order valence-corrected chi connectivity index (χ1v) is 16.6. The second-order valence-corrected chi connectivity index (χ2v) is 12.3. The van der Waals surface area contributed by atoms with E-state index in [4.69, 9.17) is 24.4 Å². The monoisotopic (exact) mass is 641 g/mol. The van der Waals surface area contributed by atoms with Crippen LogP contribution in [0.2, 0.25) is 0 Å². The molecule has 0 atom stereocenters. The lowest BCUT2D eigenvalue weighted by molar-refractivity contribution is 0.669. The van der Waals surface area contributed by atoms with Crippen molar-refractivity contribution in [2.45, 2.75) is 0 Å². The number of para-hydroxylation sites is 2. The first kappa shape index (κ1) is 28.1. The van der Waals surface area contributed by atoms with Crippen LogP contribution in [0.3, 0.4) is 0 Å². The van der Waals surface area contributed by atoms with Crippen molar-refractivity contribution in [2.75, 3.05) is 0 Å². The molecule has 6 aromatic carbocycles. The molecule has 0 spiro atoms. The predicted molar refractivity (Wildman–Crippen MR) is 201 cm³/mol. The number of nitrogens with zero attached hydrogens (tertiary/aromatic N) is 5. The zero-order valence-corrected chi connectivity index (χ0v) is 26.7. The summed E-state index contributed by atoms with van der Waals surface area (Å²) < 4.78 is 8.47. The predicted octanol–water partition coefficient (Wildman–Crippen LogP) is 10.9. The maximum absolute atomic E-state index is 6.24. The molecule has 6 heteroatoms. The molecule has 0 saturated heterocycles. The Bertz CT molecular complexity index is 2820. The highest BCUT2D eigenvalue weighted by Gasteiger charge is 2.17. The summed E-state index contributed by atoms with van der Waals surface area (Å²) in [6, 6.07) is 53.8. The third-order valence-electron chi connectivity index (χ3n) is 9.32. The van der Waals surface area contributed by atoms with Crippen molar-refractivity contribution in [1.82, 2.24) is 24.5 Å². The zero-order valence-electron chi connectivity index (χ0n) is 26.7. The van der Waals surface area contributed by atoms with Crippen molar-refractivity contribution in [1.29, 1.82) is 0 Å². The number of pyridine rings is 1. The number of hydrogen-bond acceptors (Lipinski definition) is 5. The fourth-order valence-corrected chi connectivity index (χ4v) is 6.92. The van der Waals surface area contributed by atoms with Crippen LogP contribution in [0.25, 0.3) is 94.9 Å². The van der Waals surface area contributed by atoms with Gasteiger partial charge in [0, 0.05) is 44.4 Å². The summed E-state index contributed by atoms with van der Waals surface area (Å²) in [6.45, 7) is 0. The van der Waals surface area contributed by atoms with Gasteiger partial charge in [-0.15, -0.1) is 0 Å². The van der Waals surface area contributed by atoms with E-state index in [0.29, 0.717) is 17.5 Å². The number of rotatable bonds is 5. The third-order valence-corrected chi connectivity index (χ3v) is 9.32. The molecular formula is C44H27N5O. The topological polar surface area (TPSA) is 69.6 Å². The van der Waals surface area contributed by atoms with Crippen LogP contribution < -0.4 is 0 Å². The Morgan fingerprint density at radius 2 is 0.940 bits per heavy atom. The van der Waals surface area contributed by atoms with Crippen LogP contribution >= 0.6 is 0 Å². The van der Waals surface area contributed by atoms with Gasteiger partial charge in [-0.2, -0.15) is 0 Å². The molecule has 50 heavy (non-hydrogen) atoms. The largest absolute Gasteiger partial charge is 0.456 e. The second-order valence-electron chi connectivity index (χ2n) is 12.3. The van der Waals surface area contributed by atoms with Crippen molar-refractivity contribution in [3.8, 4) is 51.1 Å². The molecule has 6 nitrogen and oxygen atoms in total. The number of benzene rings is 6. The number of furan rings is 1. The average molecular weight is 642 g/mol. The Kier molecular flexibility index (Phi) is 6.39. The smallest absolute Gasteiger partial charge is 0.164 e. The minimum atomic E-state index is 0.585. The van der Waals surface area contributed by atoms with Gasteiger partial charge in [0.15, 0.2) is 17.5 Å². The van der Waals surface area contributed by atoms with Crippen molar-refractivity contribution in [3.05, 3.63) is 164 Å². The van der Waals surface area contributed by atoms with Crippen LogP contribution in [-0.4, -0.2) is 24.5 Å². The lowest BCUT2D eigenvalue weighted by Crippen LogP contribution is -2.02. The Morgan fingerprint density at radius 1 is 0.380 bits per heavy atom. The van der Waals surface area contributed by atoms with Crippen molar-refractivity contribution in [3.63, 3.8) is 0 Å². The normalized spacial score (nSPS) is 11.6. The summed E-state index contributed by atoms with van der Waals surface area (Å²) >= 11 is 0. The molecule has 10 aromatic rings. The number of fused-ring (bicyclic) bond motifs is 6.